The summed E-state index contributed by atoms with van der Waals surface area (Å²) < 4.78 is 5.45. The maximum atomic E-state index is 5.45. The van der Waals surface area contributed by atoms with Gasteiger partial charge in [-0.05, 0) is 49.2 Å². The van der Waals surface area contributed by atoms with Gasteiger partial charge in [0, 0.05) is 17.4 Å². The largest absolute Gasteiger partial charge is 0.494 e. The summed E-state index contributed by atoms with van der Waals surface area (Å²) in [6, 6.07) is 17.9. The summed E-state index contributed by atoms with van der Waals surface area (Å²) in [6.07, 6.45) is 2.51. The number of hydrogen-bond donors (Lipinski definition) is 2. The minimum absolute atomic E-state index is 0.660. The monoisotopic (exact) mass is 334 g/mol. The SMILES string of the molecule is CCOc1ccc(Nc2cc(Nc3ccccc3CC)ncn2)cc1. The number of nitrogens with zero attached hydrogens (tertiary/aromatic N) is 2. The zero-order valence-corrected chi connectivity index (χ0v) is 14.5. The first-order valence-corrected chi connectivity index (χ1v) is 8.45. The molecule has 3 aromatic rings. The maximum Gasteiger partial charge on any atom is 0.135 e. The van der Waals surface area contributed by atoms with Crippen molar-refractivity contribution in [1.82, 2.24) is 9.97 Å². The van der Waals surface area contributed by atoms with Crippen LogP contribution in [0.5, 0.6) is 5.75 Å². The van der Waals surface area contributed by atoms with E-state index in [4.69, 9.17) is 4.74 Å². The molecule has 0 aliphatic rings. The summed E-state index contributed by atoms with van der Waals surface area (Å²) in [5.41, 5.74) is 3.26. The number of ether oxygens (including phenoxy) is 1. The molecule has 0 saturated carbocycles. The van der Waals surface area contributed by atoms with Gasteiger partial charge in [0.05, 0.1) is 6.61 Å². The molecular weight excluding hydrogens is 312 g/mol. The minimum atomic E-state index is 0.660. The molecule has 0 radical (unpaired) electrons. The average Bonchev–Trinajstić information content (AvgIpc) is 2.64. The maximum absolute atomic E-state index is 5.45. The van der Waals surface area contributed by atoms with Crippen LogP contribution in [0.1, 0.15) is 19.4 Å². The highest BCUT2D eigenvalue weighted by Gasteiger charge is 2.04. The molecule has 0 amide bonds. The third kappa shape index (κ3) is 4.47. The van der Waals surface area contributed by atoms with Gasteiger partial charge in [-0.3, -0.25) is 0 Å². The molecule has 0 fully saturated rings. The zero-order chi connectivity index (χ0) is 17.5. The van der Waals surface area contributed by atoms with Crippen LogP contribution in [0.25, 0.3) is 0 Å². The van der Waals surface area contributed by atoms with Crippen LogP contribution < -0.4 is 15.4 Å². The van der Waals surface area contributed by atoms with E-state index in [1.54, 1.807) is 6.33 Å². The molecule has 0 aliphatic heterocycles. The van der Waals surface area contributed by atoms with Crippen LogP contribution in [0.3, 0.4) is 0 Å². The summed E-state index contributed by atoms with van der Waals surface area (Å²) >= 11 is 0. The van der Waals surface area contributed by atoms with E-state index in [1.165, 1.54) is 5.56 Å². The minimum Gasteiger partial charge on any atom is -0.494 e. The first-order chi connectivity index (χ1) is 12.3. The standard InChI is InChI=1S/C20H22N4O/c1-3-15-7-5-6-8-18(15)24-20-13-19(21-14-22-20)23-16-9-11-17(12-10-16)25-4-2/h5-14H,3-4H2,1-2H3,(H2,21,22,23,24). The van der Waals surface area contributed by atoms with E-state index in [2.05, 4.69) is 39.7 Å². The normalized spacial score (nSPS) is 10.3. The quantitative estimate of drug-likeness (QED) is 0.642. The van der Waals surface area contributed by atoms with E-state index >= 15 is 0 Å². The number of anilines is 4. The molecule has 5 nitrogen and oxygen atoms in total. The molecule has 0 bridgehead atoms. The van der Waals surface area contributed by atoms with Gasteiger partial charge in [0.25, 0.3) is 0 Å². The second-order valence-electron chi connectivity index (χ2n) is 5.51. The number of aromatic nitrogens is 2. The van der Waals surface area contributed by atoms with Crippen molar-refractivity contribution in [3.63, 3.8) is 0 Å². The molecule has 0 aliphatic carbocycles. The molecular formula is C20H22N4O. The Morgan fingerprint density at radius 3 is 2.32 bits per heavy atom. The Bertz CT molecular complexity index is 818. The van der Waals surface area contributed by atoms with Gasteiger partial charge in [0.15, 0.2) is 0 Å². The van der Waals surface area contributed by atoms with Crippen molar-refractivity contribution in [3.05, 3.63) is 66.5 Å². The molecule has 0 spiro atoms. The van der Waals surface area contributed by atoms with Crippen LogP contribution in [0.4, 0.5) is 23.0 Å². The van der Waals surface area contributed by atoms with Gasteiger partial charge < -0.3 is 15.4 Å². The number of hydrogen-bond acceptors (Lipinski definition) is 5. The van der Waals surface area contributed by atoms with Crippen molar-refractivity contribution in [3.8, 4) is 5.75 Å². The third-order valence-electron chi connectivity index (χ3n) is 3.77. The molecule has 128 valence electrons. The topological polar surface area (TPSA) is 59.1 Å². The van der Waals surface area contributed by atoms with Crippen LogP contribution in [0.15, 0.2) is 60.9 Å². The molecule has 0 saturated heterocycles. The Morgan fingerprint density at radius 1 is 0.880 bits per heavy atom. The Morgan fingerprint density at radius 2 is 1.60 bits per heavy atom. The lowest BCUT2D eigenvalue weighted by Gasteiger charge is -2.11. The molecule has 1 heterocycles. The van der Waals surface area contributed by atoms with Crippen LogP contribution >= 0.6 is 0 Å². The molecule has 0 unspecified atom stereocenters. The van der Waals surface area contributed by atoms with Crippen LogP contribution in [0.2, 0.25) is 0 Å². The van der Waals surface area contributed by atoms with Crippen LogP contribution in [-0.2, 0) is 6.42 Å². The van der Waals surface area contributed by atoms with Gasteiger partial charge in [0.2, 0.25) is 0 Å². The van der Waals surface area contributed by atoms with E-state index in [1.807, 2.05) is 49.4 Å². The predicted molar refractivity (Wildman–Crippen MR) is 102 cm³/mol. The lowest BCUT2D eigenvalue weighted by Crippen LogP contribution is -2.00. The van der Waals surface area contributed by atoms with E-state index in [0.29, 0.717) is 6.61 Å². The average molecular weight is 334 g/mol. The lowest BCUT2D eigenvalue weighted by atomic mass is 10.1. The van der Waals surface area contributed by atoms with Crippen LogP contribution in [-0.4, -0.2) is 16.6 Å². The lowest BCUT2D eigenvalue weighted by molar-refractivity contribution is 0.340. The highest BCUT2D eigenvalue weighted by Crippen LogP contribution is 2.23. The molecule has 5 heteroatoms. The van der Waals surface area contributed by atoms with Crippen LogP contribution in [0, 0.1) is 0 Å². The van der Waals surface area contributed by atoms with Gasteiger partial charge in [-0.15, -0.1) is 0 Å². The van der Waals surface area contributed by atoms with E-state index < -0.39 is 0 Å². The fourth-order valence-corrected chi connectivity index (χ4v) is 2.53. The van der Waals surface area contributed by atoms with Gasteiger partial charge in [0.1, 0.15) is 23.7 Å². The summed E-state index contributed by atoms with van der Waals surface area (Å²) in [6.45, 7) is 4.77. The van der Waals surface area contributed by atoms with E-state index in [9.17, 15) is 0 Å². The number of aryl methyl sites for hydroxylation is 1. The van der Waals surface area contributed by atoms with Crippen molar-refractivity contribution in [2.24, 2.45) is 0 Å². The Hall–Kier alpha value is -3.08. The first kappa shape index (κ1) is 16.8. The number of rotatable bonds is 7. The second-order valence-corrected chi connectivity index (χ2v) is 5.51. The number of para-hydroxylation sites is 1. The molecule has 25 heavy (non-hydrogen) atoms. The fraction of sp³-hybridized carbons (Fsp3) is 0.200. The Balaban J connectivity index is 1.73. The van der Waals surface area contributed by atoms with Gasteiger partial charge >= 0.3 is 0 Å². The highest BCUT2D eigenvalue weighted by molar-refractivity contribution is 5.65. The smallest absolute Gasteiger partial charge is 0.135 e. The Labute approximate surface area is 148 Å². The van der Waals surface area contributed by atoms with Crippen molar-refractivity contribution in [2.75, 3.05) is 17.2 Å². The molecule has 2 N–H and O–H groups in total. The fourth-order valence-electron chi connectivity index (χ4n) is 2.53. The summed E-state index contributed by atoms with van der Waals surface area (Å²) in [4.78, 5) is 8.59. The van der Waals surface area contributed by atoms with Crippen molar-refractivity contribution in [1.29, 1.82) is 0 Å². The Kier molecular flexibility index (Phi) is 5.46. The second kappa shape index (κ2) is 8.15. The van der Waals surface area contributed by atoms with Crippen molar-refractivity contribution >= 4 is 23.0 Å². The summed E-state index contributed by atoms with van der Waals surface area (Å²) in [5.74, 6) is 2.34. The summed E-state index contributed by atoms with van der Waals surface area (Å²) in [7, 11) is 0. The molecule has 2 aromatic carbocycles. The van der Waals surface area contributed by atoms with Crippen molar-refractivity contribution < 1.29 is 4.74 Å². The molecule has 3 rings (SSSR count). The number of nitrogens with one attached hydrogen (secondary N) is 2. The highest BCUT2D eigenvalue weighted by atomic mass is 16.5. The van der Waals surface area contributed by atoms with Gasteiger partial charge in [-0.1, -0.05) is 25.1 Å². The van der Waals surface area contributed by atoms with E-state index in [-0.39, 0.29) is 0 Å². The van der Waals surface area contributed by atoms with E-state index in [0.717, 1.165) is 35.2 Å². The number of benzene rings is 2. The summed E-state index contributed by atoms with van der Waals surface area (Å²) in [5, 5.41) is 6.65. The zero-order valence-electron chi connectivity index (χ0n) is 14.5. The molecule has 1 aromatic heterocycles. The first-order valence-electron chi connectivity index (χ1n) is 8.45. The van der Waals surface area contributed by atoms with Gasteiger partial charge in [-0.25, -0.2) is 9.97 Å². The predicted octanol–water partition coefficient (Wildman–Crippen LogP) is 4.92. The molecule has 0 atom stereocenters. The van der Waals surface area contributed by atoms with Crippen molar-refractivity contribution in [2.45, 2.75) is 20.3 Å². The van der Waals surface area contributed by atoms with Gasteiger partial charge in [-0.2, -0.15) is 0 Å². The third-order valence-corrected chi connectivity index (χ3v) is 3.77.